The van der Waals surface area contributed by atoms with Gasteiger partial charge in [0.25, 0.3) is 0 Å². The molecule has 0 aromatic heterocycles. The topological polar surface area (TPSA) is 87.2 Å². The normalized spacial score (nSPS) is 30.3. The fourth-order valence-corrected chi connectivity index (χ4v) is 10.1. The number of likely N-dealkylation sites (tertiary alicyclic amines) is 1. The first kappa shape index (κ1) is 29.2. The maximum absolute atomic E-state index is 14.5. The van der Waals surface area contributed by atoms with Crippen LogP contribution < -0.4 is 0 Å². The van der Waals surface area contributed by atoms with Crippen molar-refractivity contribution in [3.8, 4) is 0 Å². The van der Waals surface area contributed by atoms with E-state index in [9.17, 15) is 19.5 Å². The highest BCUT2D eigenvalue weighted by Gasteiger charge is 2.76. The molecule has 1 aromatic rings. The zero-order chi connectivity index (χ0) is 27.4. The smallest absolute Gasteiger partial charge is 0.310 e. The molecule has 0 radical (unpaired) electrons. The second-order valence-electron chi connectivity index (χ2n) is 10.5. The number of carbonyl (C=O) groups excluding carboxylic acids is 3. The summed E-state index contributed by atoms with van der Waals surface area (Å²) < 4.78 is 4.68. The van der Waals surface area contributed by atoms with Gasteiger partial charge in [0.2, 0.25) is 11.8 Å². The van der Waals surface area contributed by atoms with Gasteiger partial charge in [-0.15, -0.1) is 18.3 Å². The van der Waals surface area contributed by atoms with Gasteiger partial charge in [0.05, 0.1) is 35.8 Å². The van der Waals surface area contributed by atoms with Crippen molar-refractivity contribution in [2.75, 3.05) is 26.3 Å². The number of esters is 1. The number of hydrogen-bond acceptors (Lipinski definition) is 6. The number of halogens is 1. The van der Waals surface area contributed by atoms with Gasteiger partial charge < -0.3 is 19.6 Å². The van der Waals surface area contributed by atoms with Gasteiger partial charge in [-0.3, -0.25) is 14.4 Å². The molecule has 3 heterocycles. The maximum Gasteiger partial charge on any atom is 0.310 e. The molecular weight excluding hydrogens is 568 g/mol. The lowest BCUT2D eigenvalue weighted by Crippen LogP contribution is -2.58. The summed E-state index contributed by atoms with van der Waals surface area (Å²) >= 11 is 5.38. The minimum Gasteiger partial charge on any atom is -0.466 e. The Bertz CT molecular complexity index is 1030. The Morgan fingerprint density at radius 2 is 2.05 bits per heavy atom. The number of alkyl halides is 1. The molecule has 0 aliphatic carbocycles. The minimum atomic E-state index is -0.781. The number of ether oxygens (including phenoxy) is 1. The molecule has 7 atom stereocenters. The largest absolute Gasteiger partial charge is 0.466 e. The van der Waals surface area contributed by atoms with E-state index in [2.05, 4.69) is 29.4 Å². The van der Waals surface area contributed by atoms with Gasteiger partial charge in [0, 0.05) is 23.2 Å². The third-order valence-corrected chi connectivity index (χ3v) is 11.4. The Labute approximate surface area is 238 Å². The molecule has 208 valence electrons. The first-order valence-electron chi connectivity index (χ1n) is 13.7. The van der Waals surface area contributed by atoms with Crippen molar-refractivity contribution in [3.63, 3.8) is 0 Å². The molecule has 1 N–H and O–H groups in total. The maximum atomic E-state index is 14.5. The number of aliphatic hydroxyl groups is 1. The number of thioether (sulfide) groups is 1. The van der Waals surface area contributed by atoms with Gasteiger partial charge >= 0.3 is 5.97 Å². The van der Waals surface area contributed by atoms with E-state index in [0.717, 1.165) is 24.8 Å². The van der Waals surface area contributed by atoms with E-state index >= 15 is 0 Å². The van der Waals surface area contributed by atoms with Gasteiger partial charge in [-0.2, -0.15) is 0 Å². The molecule has 3 aliphatic rings. The lowest BCUT2D eigenvalue weighted by molar-refractivity contribution is -0.154. The SMILES string of the molecule is C=CCN(CCCCC)C(=O)C1N([C@@H](CO)Cc2ccccc2)C(=O)[C@@H]2[C@H](C(=O)OCC)[C@H]3SC12CC3Br. The Morgan fingerprint density at radius 1 is 1.32 bits per heavy atom. The van der Waals surface area contributed by atoms with Gasteiger partial charge in [-0.1, -0.05) is 72.1 Å². The molecule has 3 saturated heterocycles. The van der Waals surface area contributed by atoms with Crippen molar-refractivity contribution < 1.29 is 24.2 Å². The molecule has 38 heavy (non-hydrogen) atoms. The highest BCUT2D eigenvalue weighted by molar-refractivity contribution is 9.09. The van der Waals surface area contributed by atoms with Crippen molar-refractivity contribution in [2.45, 2.75) is 72.9 Å². The van der Waals surface area contributed by atoms with E-state index in [1.807, 2.05) is 30.3 Å². The number of hydrogen-bond donors (Lipinski definition) is 1. The van der Waals surface area contributed by atoms with Gasteiger partial charge in [0.15, 0.2) is 0 Å². The molecule has 7 nitrogen and oxygen atoms in total. The monoisotopic (exact) mass is 606 g/mol. The molecule has 9 heteroatoms. The van der Waals surface area contributed by atoms with Crippen LogP contribution in [0.15, 0.2) is 43.0 Å². The zero-order valence-electron chi connectivity index (χ0n) is 22.3. The van der Waals surface area contributed by atoms with Crippen LogP contribution in [0.1, 0.15) is 45.1 Å². The predicted octanol–water partition coefficient (Wildman–Crippen LogP) is 3.82. The molecule has 1 spiro atoms. The zero-order valence-corrected chi connectivity index (χ0v) is 24.7. The number of nitrogens with zero attached hydrogens (tertiary/aromatic N) is 2. The highest BCUT2D eigenvalue weighted by atomic mass is 79.9. The van der Waals surface area contributed by atoms with Crippen LogP contribution in [0.4, 0.5) is 0 Å². The third kappa shape index (κ3) is 5.18. The summed E-state index contributed by atoms with van der Waals surface area (Å²) in [6.07, 6.45) is 5.64. The highest BCUT2D eigenvalue weighted by Crippen LogP contribution is 2.68. The Morgan fingerprint density at radius 3 is 2.68 bits per heavy atom. The fourth-order valence-electron chi connectivity index (χ4n) is 6.56. The summed E-state index contributed by atoms with van der Waals surface area (Å²) in [5, 5.41) is 10.4. The van der Waals surface area contributed by atoms with Gasteiger partial charge in [-0.05, 0) is 31.7 Å². The summed E-state index contributed by atoms with van der Waals surface area (Å²) in [7, 11) is 0. The van der Waals surface area contributed by atoms with Crippen LogP contribution in [-0.4, -0.2) is 85.9 Å². The third-order valence-electron chi connectivity index (χ3n) is 8.13. The van der Waals surface area contributed by atoms with Crippen LogP contribution in [0.3, 0.4) is 0 Å². The average molecular weight is 608 g/mol. The van der Waals surface area contributed by atoms with Gasteiger partial charge in [0.1, 0.15) is 6.04 Å². The molecule has 0 saturated carbocycles. The van der Waals surface area contributed by atoms with Crippen LogP contribution in [-0.2, 0) is 25.5 Å². The Hall–Kier alpha value is -1.84. The number of fused-ring (bicyclic) bond motifs is 1. The van der Waals surface area contributed by atoms with Crippen LogP contribution in [0.25, 0.3) is 0 Å². The summed E-state index contributed by atoms with van der Waals surface area (Å²) in [6.45, 7) is 8.67. The number of unbranched alkanes of at least 4 members (excludes halogenated alkanes) is 2. The fraction of sp³-hybridized carbons (Fsp3) is 0.621. The first-order chi connectivity index (χ1) is 18.3. The molecule has 3 aliphatic heterocycles. The average Bonchev–Trinajstić information content (AvgIpc) is 3.50. The second-order valence-corrected chi connectivity index (χ2v) is 13.2. The number of benzene rings is 1. The Balaban J connectivity index is 1.77. The lowest BCUT2D eigenvalue weighted by Gasteiger charge is -2.40. The van der Waals surface area contributed by atoms with E-state index in [-0.39, 0.29) is 41.1 Å². The summed E-state index contributed by atoms with van der Waals surface area (Å²) in [5.74, 6) is -2.02. The molecule has 2 bridgehead atoms. The molecule has 4 rings (SSSR count). The van der Waals surface area contributed by atoms with Crippen LogP contribution >= 0.6 is 27.7 Å². The summed E-state index contributed by atoms with van der Waals surface area (Å²) in [6, 6.07) is 8.33. The number of rotatable bonds is 13. The number of aliphatic hydroxyl groups excluding tert-OH is 1. The number of amides is 2. The van der Waals surface area contributed by atoms with Gasteiger partial charge in [-0.25, -0.2) is 0 Å². The molecule has 2 amide bonds. The lowest BCUT2D eigenvalue weighted by atomic mass is 9.71. The first-order valence-corrected chi connectivity index (χ1v) is 15.5. The summed E-state index contributed by atoms with van der Waals surface area (Å²) in [5.41, 5.74) is 0.975. The van der Waals surface area contributed by atoms with Crippen molar-refractivity contribution in [2.24, 2.45) is 11.8 Å². The van der Waals surface area contributed by atoms with E-state index in [0.29, 0.717) is 25.9 Å². The van der Waals surface area contributed by atoms with Crippen molar-refractivity contribution in [1.82, 2.24) is 9.80 Å². The molecule has 1 aromatic carbocycles. The second kappa shape index (κ2) is 12.6. The van der Waals surface area contributed by atoms with Crippen LogP contribution in [0, 0.1) is 11.8 Å². The molecular formula is C29H39BrN2O5S. The Kier molecular flexibility index (Phi) is 9.63. The van der Waals surface area contributed by atoms with E-state index in [4.69, 9.17) is 4.74 Å². The standard InChI is InChI=1S/C29H39BrN2O5S/c1-4-7-11-15-31(14-5-2)27(35)25-29-17-21(30)24(38-29)22(28(36)37-6-3)23(29)26(34)32(25)20(18-33)16-19-12-9-8-10-13-19/h5,8-10,12-13,20-25,33H,2,4,6-7,11,14-18H2,1,3H3/t20-,21?,22+,23+,24+,25?,29?/m1/s1. The van der Waals surface area contributed by atoms with Crippen LogP contribution in [0.5, 0.6) is 0 Å². The minimum absolute atomic E-state index is 0.0177. The molecule has 3 fully saturated rings. The number of carbonyl (C=O) groups is 3. The molecule has 3 unspecified atom stereocenters. The predicted molar refractivity (Wildman–Crippen MR) is 153 cm³/mol. The van der Waals surface area contributed by atoms with E-state index in [1.165, 1.54) is 0 Å². The van der Waals surface area contributed by atoms with Crippen molar-refractivity contribution in [3.05, 3.63) is 48.6 Å². The van der Waals surface area contributed by atoms with Crippen molar-refractivity contribution >= 4 is 45.5 Å². The van der Waals surface area contributed by atoms with E-state index in [1.54, 1.807) is 34.6 Å². The van der Waals surface area contributed by atoms with Crippen LogP contribution in [0.2, 0.25) is 0 Å². The van der Waals surface area contributed by atoms with Crippen molar-refractivity contribution in [1.29, 1.82) is 0 Å². The van der Waals surface area contributed by atoms with E-state index < -0.39 is 28.7 Å². The quantitative estimate of drug-likeness (QED) is 0.159. The summed E-state index contributed by atoms with van der Waals surface area (Å²) in [4.78, 5) is 45.4.